The van der Waals surface area contributed by atoms with E-state index >= 15 is 0 Å². The van der Waals surface area contributed by atoms with Gasteiger partial charge in [-0.15, -0.1) is 0 Å². The van der Waals surface area contributed by atoms with E-state index in [-0.39, 0.29) is 0 Å². The summed E-state index contributed by atoms with van der Waals surface area (Å²) in [4.78, 5) is 0. The molecular formula is C13H26O. The molecule has 0 bridgehead atoms. The minimum absolute atomic E-state index is 0.351. The van der Waals surface area contributed by atoms with E-state index in [1.165, 1.54) is 38.5 Å². The maximum atomic E-state index is 8.59. The van der Waals surface area contributed by atoms with Gasteiger partial charge in [0.1, 0.15) is 0 Å². The predicted octanol–water partition coefficient (Wildman–Crippen LogP) is 3.92. The van der Waals surface area contributed by atoms with Gasteiger partial charge < -0.3 is 5.11 Å². The summed E-state index contributed by atoms with van der Waals surface area (Å²) in [6, 6.07) is 0. The molecule has 14 heavy (non-hydrogen) atoms. The summed E-state index contributed by atoms with van der Waals surface area (Å²) in [6.45, 7) is 4.87. The Morgan fingerprint density at radius 2 is 1.86 bits per heavy atom. The van der Waals surface area contributed by atoms with Crippen molar-refractivity contribution in [1.82, 2.24) is 0 Å². The zero-order valence-electron chi connectivity index (χ0n) is 9.84. The molecule has 1 atom stereocenters. The number of aliphatic hydroxyl groups is 1. The average Bonchev–Trinajstić information content (AvgIpc) is 2.17. The standard InChI is InChI=1S/C13H26O/c1-3-10-13(2)11-8-6-4-5-7-9-12-14/h8,11,13-14H,3-7,9-10,12H2,1-2H3/b11-8-. The lowest BCUT2D eigenvalue weighted by Gasteiger charge is -2.02. The molecule has 0 amide bonds. The van der Waals surface area contributed by atoms with Crippen molar-refractivity contribution in [2.45, 2.75) is 58.8 Å². The van der Waals surface area contributed by atoms with Crippen LogP contribution in [0.15, 0.2) is 12.2 Å². The summed E-state index contributed by atoms with van der Waals surface area (Å²) in [7, 11) is 0. The van der Waals surface area contributed by atoms with Crippen LogP contribution in [-0.4, -0.2) is 11.7 Å². The van der Waals surface area contributed by atoms with E-state index < -0.39 is 0 Å². The Kier molecular flexibility index (Phi) is 10.5. The largest absolute Gasteiger partial charge is 0.396 e. The van der Waals surface area contributed by atoms with E-state index in [4.69, 9.17) is 5.11 Å². The Bertz CT molecular complexity index is 129. The maximum absolute atomic E-state index is 8.59. The number of hydrogen-bond acceptors (Lipinski definition) is 1. The van der Waals surface area contributed by atoms with Gasteiger partial charge in [-0.2, -0.15) is 0 Å². The molecule has 0 aliphatic carbocycles. The lowest BCUT2D eigenvalue weighted by molar-refractivity contribution is 0.282. The van der Waals surface area contributed by atoms with Crippen molar-refractivity contribution < 1.29 is 5.11 Å². The molecule has 0 aliphatic rings. The monoisotopic (exact) mass is 198 g/mol. The summed E-state index contributed by atoms with van der Waals surface area (Å²) in [6.07, 6.45) is 13.1. The Morgan fingerprint density at radius 3 is 2.50 bits per heavy atom. The van der Waals surface area contributed by atoms with Crippen LogP contribution < -0.4 is 0 Å². The Morgan fingerprint density at radius 1 is 1.14 bits per heavy atom. The third-order valence-corrected chi connectivity index (χ3v) is 2.49. The Hall–Kier alpha value is -0.300. The number of unbranched alkanes of at least 4 members (excludes halogenated alkanes) is 4. The van der Waals surface area contributed by atoms with Gasteiger partial charge in [0.05, 0.1) is 0 Å². The molecule has 84 valence electrons. The average molecular weight is 198 g/mol. The highest BCUT2D eigenvalue weighted by molar-refractivity contribution is 4.85. The normalized spacial score (nSPS) is 13.6. The summed E-state index contributed by atoms with van der Waals surface area (Å²) in [5, 5.41) is 8.59. The molecule has 0 aromatic rings. The van der Waals surface area contributed by atoms with Crippen molar-refractivity contribution in [2.24, 2.45) is 5.92 Å². The van der Waals surface area contributed by atoms with Crippen LogP contribution >= 0.6 is 0 Å². The third kappa shape index (κ3) is 9.79. The summed E-state index contributed by atoms with van der Waals surface area (Å²) >= 11 is 0. The quantitative estimate of drug-likeness (QED) is 0.440. The van der Waals surface area contributed by atoms with Crippen LogP contribution in [0.25, 0.3) is 0 Å². The van der Waals surface area contributed by atoms with Crippen LogP contribution in [0.4, 0.5) is 0 Å². The van der Waals surface area contributed by atoms with Crippen LogP contribution in [-0.2, 0) is 0 Å². The van der Waals surface area contributed by atoms with Gasteiger partial charge in [0, 0.05) is 6.61 Å². The first-order valence-electron chi connectivity index (χ1n) is 6.08. The summed E-state index contributed by atoms with van der Waals surface area (Å²) < 4.78 is 0. The molecule has 0 radical (unpaired) electrons. The maximum Gasteiger partial charge on any atom is 0.0431 e. The van der Waals surface area contributed by atoms with Crippen LogP contribution in [0.2, 0.25) is 0 Å². The predicted molar refractivity (Wildman–Crippen MR) is 63.4 cm³/mol. The molecule has 0 aromatic heterocycles. The number of aliphatic hydroxyl groups excluding tert-OH is 1. The fraction of sp³-hybridized carbons (Fsp3) is 0.846. The topological polar surface area (TPSA) is 20.2 Å². The fourth-order valence-corrected chi connectivity index (χ4v) is 1.61. The highest BCUT2D eigenvalue weighted by Crippen LogP contribution is 2.08. The van der Waals surface area contributed by atoms with Crippen LogP contribution in [0.5, 0.6) is 0 Å². The third-order valence-electron chi connectivity index (χ3n) is 2.49. The first-order valence-corrected chi connectivity index (χ1v) is 6.08. The number of allylic oxidation sites excluding steroid dienone is 2. The van der Waals surface area contributed by atoms with Gasteiger partial charge in [0.25, 0.3) is 0 Å². The highest BCUT2D eigenvalue weighted by atomic mass is 16.2. The van der Waals surface area contributed by atoms with E-state index in [0.717, 1.165) is 12.3 Å². The second-order valence-corrected chi connectivity index (χ2v) is 4.12. The molecular weight excluding hydrogens is 172 g/mol. The molecule has 1 heteroatoms. The summed E-state index contributed by atoms with van der Waals surface area (Å²) in [5.41, 5.74) is 0. The number of rotatable bonds is 9. The van der Waals surface area contributed by atoms with Gasteiger partial charge in [-0.3, -0.25) is 0 Å². The van der Waals surface area contributed by atoms with Gasteiger partial charge in [-0.25, -0.2) is 0 Å². The van der Waals surface area contributed by atoms with Gasteiger partial charge in [0.2, 0.25) is 0 Å². The van der Waals surface area contributed by atoms with Gasteiger partial charge in [0.15, 0.2) is 0 Å². The van der Waals surface area contributed by atoms with Crippen molar-refractivity contribution in [1.29, 1.82) is 0 Å². The molecule has 0 saturated heterocycles. The number of hydrogen-bond donors (Lipinski definition) is 1. The van der Waals surface area contributed by atoms with Crippen LogP contribution in [0, 0.1) is 5.92 Å². The molecule has 1 N–H and O–H groups in total. The van der Waals surface area contributed by atoms with Crippen LogP contribution in [0.1, 0.15) is 58.8 Å². The van der Waals surface area contributed by atoms with Crippen molar-refractivity contribution in [2.75, 3.05) is 6.61 Å². The van der Waals surface area contributed by atoms with Gasteiger partial charge in [-0.05, 0) is 31.6 Å². The molecule has 0 fully saturated rings. The second kappa shape index (κ2) is 10.8. The van der Waals surface area contributed by atoms with Crippen molar-refractivity contribution in [3.63, 3.8) is 0 Å². The Labute approximate surface area is 89.2 Å². The Balaban J connectivity index is 3.17. The minimum atomic E-state index is 0.351. The van der Waals surface area contributed by atoms with E-state index in [2.05, 4.69) is 26.0 Å². The smallest absolute Gasteiger partial charge is 0.0431 e. The molecule has 0 rings (SSSR count). The molecule has 0 saturated carbocycles. The van der Waals surface area contributed by atoms with Crippen LogP contribution in [0.3, 0.4) is 0 Å². The second-order valence-electron chi connectivity index (χ2n) is 4.12. The van der Waals surface area contributed by atoms with Gasteiger partial charge in [-0.1, -0.05) is 45.3 Å². The molecule has 0 aromatic carbocycles. The van der Waals surface area contributed by atoms with Crippen molar-refractivity contribution in [3.8, 4) is 0 Å². The first-order chi connectivity index (χ1) is 6.81. The minimum Gasteiger partial charge on any atom is -0.396 e. The van der Waals surface area contributed by atoms with Crippen molar-refractivity contribution in [3.05, 3.63) is 12.2 Å². The first kappa shape index (κ1) is 13.7. The fourth-order valence-electron chi connectivity index (χ4n) is 1.61. The van der Waals surface area contributed by atoms with E-state index in [1.807, 2.05) is 0 Å². The molecule has 0 spiro atoms. The summed E-state index contributed by atoms with van der Waals surface area (Å²) in [5.74, 6) is 0.748. The van der Waals surface area contributed by atoms with E-state index in [0.29, 0.717) is 6.61 Å². The van der Waals surface area contributed by atoms with Crippen molar-refractivity contribution >= 4 is 0 Å². The zero-order valence-corrected chi connectivity index (χ0v) is 9.84. The zero-order chi connectivity index (χ0) is 10.6. The highest BCUT2D eigenvalue weighted by Gasteiger charge is 1.93. The molecule has 1 nitrogen and oxygen atoms in total. The van der Waals surface area contributed by atoms with Gasteiger partial charge >= 0.3 is 0 Å². The molecule has 0 aliphatic heterocycles. The molecule has 1 unspecified atom stereocenters. The molecule has 0 heterocycles. The lowest BCUT2D eigenvalue weighted by atomic mass is 10.0. The van der Waals surface area contributed by atoms with E-state index in [9.17, 15) is 0 Å². The SMILES string of the molecule is CCCC(C)/C=C\CCCCCCO. The van der Waals surface area contributed by atoms with E-state index in [1.54, 1.807) is 0 Å². The lowest BCUT2D eigenvalue weighted by Crippen LogP contribution is -1.87.